The number of hydrogen-bond donors (Lipinski definition) is 1. The second kappa shape index (κ2) is 5.69. The summed E-state index contributed by atoms with van der Waals surface area (Å²) < 4.78 is 1.82. The number of Topliss-reactive ketones (excluding diaryl/α,β-unsaturated/α-hetero) is 1. The van der Waals surface area contributed by atoms with Gasteiger partial charge < -0.3 is 5.32 Å². The van der Waals surface area contributed by atoms with Gasteiger partial charge in [-0.15, -0.1) is 0 Å². The number of nitrogens with one attached hydrogen (secondary N) is 1. The van der Waals surface area contributed by atoms with Gasteiger partial charge in [0.25, 0.3) is 5.91 Å². The molecule has 104 valence electrons. The van der Waals surface area contributed by atoms with Crippen molar-refractivity contribution in [3.05, 3.63) is 47.3 Å². The van der Waals surface area contributed by atoms with E-state index in [2.05, 4.69) is 10.4 Å². The smallest absolute Gasteiger partial charge is 0.291 e. The Morgan fingerprint density at radius 2 is 1.85 bits per heavy atom. The van der Waals surface area contributed by atoms with E-state index in [1.54, 1.807) is 0 Å². The Hall–Kier alpha value is -2.43. The summed E-state index contributed by atoms with van der Waals surface area (Å²) in [6.45, 7) is 5.56. The van der Waals surface area contributed by atoms with Crippen LogP contribution in [0.3, 0.4) is 0 Å². The van der Waals surface area contributed by atoms with Crippen LogP contribution in [0.25, 0.3) is 0 Å². The van der Waals surface area contributed by atoms with Crippen LogP contribution in [0.2, 0.25) is 0 Å². The Kier molecular flexibility index (Phi) is 3.98. The summed E-state index contributed by atoms with van der Waals surface area (Å²) in [5.74, 6) is -1.13. The Balaban J connectivity index is 2.25. The van der Waals surface area contributed by atoms with E-state index >= 15 is 0 Å². The van der Waals surface area contributed by atoms with Crippen molar-refractivity contribution < 1.29 is 9.59 Å². The average molecular weight is 271 g/mol. The fraction of sp³-hybridized carbons (Fsp3) is 0.267. The number of benzene rings is 1. The third-order valence-electron chi connectivity index (χ3n) is 3.11. The molecule has 2 aromatic rings. The maximum absolute atomic E-state index is 11.5. The number of nitrogens with zero attached hydrogens (tertiary/aromatic N) is 2. The molecule has 0 aliphatic carbocycles. The van der Waals surface area contributed by atoms with E-state index in [0.29, 0.717) is 17.9 Å². The number of rotatable bonds is 4. The van der Waals surface area contributed by atoms with Crippen molar-refractivity contribution in [1.29, 1.82) is 0 Å². The lowest BCUT2D eigenvalue weighted by molar-refractivity contribution is -0.133. The molecule has 0 fully saturated rings. The molecule has 1 heterocycles. The fourth-order valence-electron chi connectivity index (χ4n) is 1.99. The van der Waals surface area contributed by atoms with Gasteiger partial charge in [0.1, 0.15) is 0 Å². The van der Waals surface area contributed by atoms with Crippen molar-refractivity contribution in [1.82, 2.24) is 9.78 Å². The van der Waals surface area contributed by atoms with Crippen LogP contribution in [0.5, 0.6) is 0 Å². The van der Waals surface area contributed by atoms with Gasteiger partial charge in [-0.2, -0.15) is 5.10 Å². The highest BCUT2D eigenvalue weighted by atomic mass is 16.2. The number of carbonyl (C=O) groups is 2. The first-order valence-electron chi connectivity index (χ1n) is 6.39. The molecule has 1 aromatic heterocycles. The zero-order valence-electron chi connectivity index (χ0n) is 11.8. The molecule has 0 aliphatic heterocycles. The molecule has 0 radical (unpaired) electrons. The first-order valence-corrected chi connectivity index (χ1v) is 6.39. The van der Waals surface area contributed by atoms with Crippen molar-refractivity contribution >= 4 is 17.4 Å². The predicted octanol–water partition coefficient (Wildman–Crippen LogP) is 2.08. The Morgan fingerprint density at radius 1 is 1.20 bits per heavy atom. The quantitative estimate of drug-likeness (QED) is 0.866. The minimum atomic E-state index is -0.615. The Morgan fingerprint density at radius 3 is 2.45 bits per heavy atom. The van der Waals surface area contributed by atoms with Crippen LogP contribution in [0.15, 0.2) is 30.3 Å². The molecular weight excluding hydrogens is 254 g/mol. The summed E-state index contributed by atoms with van der Waals surface area (Å²) in [7, 11) is 0. The van der Waals surface area contributed by atoms with E-state index in [-0.39, 0.29) is 0 Å². The maximum Gasteiger partial charge on any atom is 0.291 e. The molecule has 1 N–H and O–H groups in total. The molecule has 0 aliphatic rings. The second-order valence-electron chi connectivity index (χ2n) is 4.70. The summed E-state index contributed by atoms with van der Waals surface area (Å²) in [5, 5.41) is 7.02. The number of ketones is 1. The van der Waals surface area contributed by atoms with Gasteiger partial charge in [-0.1, -0.05) is 30.3 Å². The zero-order valence-corrected chi connectivity index (χ0v) is 11.8. The molecular formula is C15H17N3O2. The third kappa shape index (κ3) is 2.93. The lowest BCUT2D eigenvalue weighted by Crippen LogP contribution is -2.20. The third-order valence-corrected chi connectivity index (χ3v) is 3.11. The lowest BCUT2D eigenvalue weighted by Gasteiger charge is -2.06. The van der Waals surface area contributed by atoms with Gasteiger partial charge in [-0.25, -0.2) is 0 Å². The van der Waals surface area contributed by atoms with Crippen molar-refractivity contribution in [2.24, 2.45) is 0 Å². The number of anilines is 1. The molecule has 1 aromatic carbocycles. The molecule has 0 unspecified atom stereocenters. The SMILES string of the molecule is CC(=O)C(=O)Nc1c(C)nn(Cc2ccccc2)c1C. The number of aromatic nitrogens is 2. The standard InChI is InChI=1S/C15H17N3O2/c1-10-14(16-15(20)12(3)19)11(2)18(17-10)9-13-7-5-4-6-8-13/h4-8H,9H2,1-3H3,(H,16,20). The Bertz CT molecular complexity index is 645. The van der Waals surface area contributed by atoms with E-state index in [1.807, 2.05) is 48.9 Å². The number of carbonyl (C=O) groups excluding carboxylic acids is 2. The summed E-state index contributed by atoms with van der Waals surface area (Å²) in [5.41, 5.74) is 3.28. The Labute approximate surface area is 117 Å². The topological polar surface area (TPSA) is 64.0 Å². The fourth-order valence-corrected chi connectivity index (χ4v) is 1.99. The number of hydrogen-bond acceptors (Lipinski definition) is 3. The average Bonchev–Trinajstić information content (AvgIpc) is 2.67. The van der Waals surface area contributed by atoms with E-state index in [1.165, 1.54) is 6.92 Å². The lowest BCUT2D eigenvalue weighted by atomic mass is 10.2. The molecule has 1 amide bonds. The van der Waals surface area contributed by atoms with Gasteiger partial charge in [0.2, 0.25) is 5.78 Å². The molecule has 0 bridgehead atoms. The normalized spacial score (nSPS) is 10.3. The molecule has 0 saturated heterocycles. The van der Waals surface area contributed by atoms with Crippen LogP contribution in [0.1, 0.15) is 23.9 Å². The molecule has 5 heteroatoms. The van der Waals surface area contributed by atoms with Crippen molar-refractivity contribution in [3.8, 4) is 0 Å². The first kappa shape index (κ1) is 14.0. The van der Waals surface area contributed by atoms with E-state index in [4.69, 9.17) is 0 Å². The number of aryl methyl sites for hydroxylation is 1. The van der Waals surface area contributed by atoms with Crippen molar-refractivity contribution in [3.63, 3.8) is 0 Å². The van der Waals surface area contributed by atoms with E-state index in [0.717, 1.165) is 11.3 Å². The van der Waals surface area contributed by atoms with E-state index < -0.39 is 11.7 Å². The molecule has 0 spiro atoms. The highest BCUT2D eigenvalue weighted by molar-refractivity contribution is 6.39. The largest absolute Gasteiger partial charge is 0.316 e. The van der Waals surface area contributed by atoms with Gasteiger partial charge >= 0.3 is 0 Å². The monoisotopic (exact) mass is 271 g/mol. The van der Waals surface area contributed by atoms with Gasteiger partial charge in [-0.05, 0) is 19.4 Å². The maximum atomic E-state index is 11.5. The molecule has 2 rings (SSSR count). The highest BCUT2D eigenvalue weighted by Crippen LogP contribution is 2.20. The summed E-state index contributed by atoms with van der Waals surface area (Å²) >= 11 is 0. The molecule has 20 heavy (non-hydrogen) atoms. The van der Waals surface area contributed by atoms with Gasteiger partial charge in [-0.3, -0.25) is 14.3 Å². The van der Waals surface area contributed by atoms with Gasteiger partial charge in [0.15, 0.2) is 0 Å². The molecule has 0 saturated carbocycles. The van der Waals surface area contributed by atoms with Crippen molar-refractivity contribution in [2.75, 3.05) is 5.32 Å². The molecule has 5 nitrogen and oxygen atoms in total. The summed E-state index contributed by atoms with van der Waals surface area (Å²) in [6, 6.07) is 9.94. The molecule has 0 atom stereocenters. The summed E-state index contributed by atoms with van der Waals surface area (Å²) in [6.07, 6.45) is 0. The van der Waals surface area contributed by atoms with E-state index in [9.17, 15) is 9.59 Å². The van der Waals surface area contributed by atoms with Gasteiger partial charge in [0, 0.05) is 6.92 Å². The summed E-state index contributed by atoms with van der Waals surface area (Å²) in [4.78, 5) is 22.5. The second-order valence-corrected chi connectivity index (χ2v) is 4.70. The van der Waals surface area contributed by atoms with Crippen molar-refractivity contribution in [2.45, 2.75) is 27.3 Å². The van der Waals surface area contributed by atoms with Crippen LogP contribution in [0.4, 0.5) is 5.69 Å². The predicted molar refractivity (Wildman–Crippen MR) is 76.6 cm³/mol. The zero-order chi connectivity index (χ0) is 14.7. The van der Waals surface area contributed by atoms with Crippen LogP contribution < -0.4 is 5.32 Å². The van der Waals surface area contributed by atoms with Gasteiger partial charge in [0.05, 0.1) is 23.6 Å². The number of amides is 1. The van der Waals surface area contributed by atoms with Crippen LogP contribution in [-0.4, -0.2) is 21.5 Å². The highest BCUT2D eigenvalue weighted by Gasteiger charge is 2.16. The first-order chi connectivity index (χ1) is 9.49. The minimum Gasteiger partial charge on any atom is -0.316 e. The van der Waals surface area contributed by atoms with Crippen LogP contribution in [-0.2, 0) is 16.1 Å². The van der Waals surface area contributed by atoms with Crippen LogP contribution in [0, 0.1) is 13.8 Å². The minimum absolute atomic E-state index is 0.514. The van der Waals surface area contributed by atoms with Crippen LogP contribution >= 0.6 is 0 Å².